The van der Waals surface area contributed by atoms with E-state index < -0.39 is 0 Å². The number of benzene rings is 2. The SMILES string of the molecule is C1=CC(C2C=NC3NCC(c4ccc(Oc5ccccc5)cc4)C3C2)CCC1. The zero-order valence-electron chi connectivity index (χ0n) is 16.2. The van der Waals surface area contributed by atoms with Crippen LogP contribution in [0.1, 0.15) is 37.2 Å². The molecule has 5 unspecified atom stereocenters. The van der Waals surface area contributed by atoms with Crippen molar-refractivity contribution in [3.63, 3.8) is 0 Å². The summed E-state index contributed by atoms with van der Waals surface area (Å²) < 4.78 is 5.95. The first-order valence-corrected chi connectivity index (χ1v) is 10.6. The van der Waals surface area contributed by atoms with Gasteiger partial charge in [-0.15, -0.1) is 0 Å². The predicted molar refractivity (Wildman–Crippen MR) is 114 cm³/mol. The maximum Gasteiger partial charge on any atom is 0.127 e. The van der Waals surface area contributed by atoms with Gasteiger partial charge in [0.25, 0.3) is 0 Å². The van der Waals surface area contributed by atoms with Gasteiger partial charge in [-0.05, 0) is 61.4 Å². The fourth-order valence-corrected chi connectivity index (χ4v) is 5.06. The van der Waals surface area contributed by atoms with Gasteiger partial charge in [-0.25, -0.2) is 0 Å². The van der Waals surface area contributed by atoms with E-state index in [1.165, 1.54) is 31.2 Å². The topological polar surface area (TPSA) is 33.6 Å². The number of rotatable bonds is 4. The van der Waals surface area contributed by atoms with Gasteiger partial charge in [-0.3, -0.25) is 10.3 Å². The molecular formula is C25H28N2O. The summed E-state index contributed by atoms with van der Waals surface area (Å²) >= 11 is 0. The number of hydrogen-bond donors (Lipinski definition) is 1. The standard InChI is InChI=1S/C25H28N2O/c1-3-7-18(8-4-1)20-15-23-24(17-27-25(23)26-16-20)19-11-13-22(14-12-19)28-21-9-5-2-6-10-21/h2-3,5-7,9-14,16,18,20,23-25,27H,1,4,8,15,17H2. The number of aliphatic imine (C=N–C) groups is 1. The fourth-order valence-electron chi connectivity index (χ4n) is 5.06. The van der Waals surface area contributed by atoms with Gasteiger partial charge in [0.15, 0.2) is 0 Å². The lowest BCUT2D eigenvalue weighted by molar-refractivity contribution is 0.299. The Balaban J connectivity index is 1.29. The summed E-state index contributed by atoms with van der Waals surface area (Å²) in [7, 11) is 0. The molecule has 1 N–H and O–H groups in total. The molecular weight excluding hydrogens is 344 g/mol. The Hall–Kier alpha value is -2.39. The van der Waals surface area contributed by atoms with Crippen LogP contribution in [0.5, 0.6) is 11.5 Å². The molecule has 2 aromatic rings. The number of nitrogens with zero attached hydrogens (tertiary/aromatic N) is 1. The molecule has 0 saturated carbocycles. The van der Waals surface area contributed by atoms with Crippen molar-refractivity contribution in [2.24, 2.45) is 22.7 Å². The zero-order valence-corrected chi connectivity index (χ0v) is 16.2. The van der Waals surface area contributed by atoms with Gasteiger partial charge in [-0.1, -0.05) is 42.5 Å². The molecule has 1 fully saturated rings. The van der Waals surface area contributed by atoms with Crippen LogP contribution >= 0.6 is 0 Å². The third-order valence-corrected chi connectivity index (χ3v) is 6.58. The third kappa shape index (κ3) is 3.64. The molecule has 3 heteroatoms. The lowest BCUT2D eigenvalue weighted by atomic mass is 9.74. The van der Waals surface area contributed by atoms with E-state index in [0.29, 0.717) is 23.7 Å². The molecule has 5 atom stereocenters. The summed E-state index contributed by atoms with van der Waals surface area (Å²) in [5.74, 6) is 4.17. The molecule has 3 nitrogen and oxygen atoms in total. The van der Waals surface area contributed by atoms with Crippen molar-refractivity contribution in [3.8, 4) is 11.5 Å². The highest BCUT2D eigenvalue weighted by molar-refractivity contribution is 5.63. The van der Waals surface area contributed by atoms with Crippen LogP contribution in [-0.2, 0) is 0 Å². The van der Waals surface area contributed by atoms with E-state index in [1.54, 1.807) is 0 Å². The van der Waals surface area contributed by atoms with Crippen molar-refractivity contribution in [1.29, 1.82) is 0 Å². The Morgan fingerprint density at radius 3 is 2.54 bits per heavy atom. The molecule has 5 rings (SSSR count). The minimum absolute atomic E-state index is 0.286. The Labute approximate surface area is 167 Å². The number of ether oxygens (including phenoxy) is 1. The van der Waals surface area contributed by atoms with Crippen LogP contribution in [-0.4, -0.2) is 18.9 Å². The van der Waals surface area contributed by atoms with E-state index >= 15 is 0 Å². The van der Waals surface area contributed by atoms with Crippen molar-refractivity contribution >= 4 is 6.21 Å². The van der Waals surface area contributed by atoms with Gasteiger partial charge in [-0.2, -0.15) is 0 Å². The molecule has 28 heavy (non-hydrogen) atoms. The Kier molecular flexibility index (Phi) is 5.01. The van der Waals surface area contributed by atoms with Gasteiger partial charge >= 0.3 is 0 Å². The Morgan fingerprint density at radius 1 is 0.929 bits per heavy atom. The van der Waals surface area contributed by atoms with Crippen LogP contribution in [0.2, 0.25) is 0 Å². The Bertz CT molecular complexity index is 843. The van der Waals surface area contributed by atoms with Crippen LogP contribution in [0.25, 0.3) is 0 Å². The number of para-hydroxylation sites is 1. The van der Waals surface area contributed by atoms with Crippen molar-refractivity contribution in [3.05, 3.63) is 72.3 Å². The van der Waals surface area contributed by atoms with Crippen molar-refractivity contribution in [1.82, 2.24) is 5.32 Å². The average molecular weight is 373 g/mol. The highest BCUT2D eigenvalue weighted by Crippen LogP contribution is 2.42. The molecule has 0 amide bonds. The first kappa shape index (κ1) is 17.7. The predicted octanol–water partition coefficient (Wildman–Crippen LogP) is 5.56. The normalized spacial score (nSPS) is 31.5. The minimum atomic E-state index is 0.286. The minimum Gasteiger partial charge on any atom is -0.457 e. The molecule has 1 saturated heterocycles. The molecule has 0 spiro atoms. The molecule has 3 aliphatic rings. The van der Waals surface area contributed by atoms with E-state index in [1.807, 2.05) is 30.3 Å². The largest absolute Gasteiger partial charge is 0.457 e. The number of allylic oxidation sites excluding steroid dienone is 2. The first-order chi connectivity index (χ1) is 13.9. The van der Waals surface area contributed by atoms with Crippen LogP contribution in [0.4, 0.5) is 0 Å². The van der Waals surface area contributed by atoms with E-state index in [-0.39, 0.29) is 6.17 Å². The number of hydrogen-bond acceptors (Lipinski definition) is 3. The van der Waals surface area contributed by atoms with Gasteiger partial charge in [0.05, 0.1) is 0 Å². The monoisotopic (exact) mass is 372 g/mol. The summed E-state index contributed by atoms with van der Waals surface area (Å²) in [6.45, 7) is 1.01. The zero-order chi connectivity index (χ0) is 18.8. The smallest absolute Gasteiger partial charge is 0.127 e. The van der Waals surface area contributed by atoms with Crippen LogP contribution < -0.4 is 10.1 Å². The van der Waals surface area contributed by atoms with Gasteiger partial charge in [0.2, 0.25) is 0 Å². The van der Waals surface area contributed by atoms with Crippen LogP contribution in [0.3, 0.4) is 0 Å². The van der Waals surface area contributed by atoms with Gasteiger partial charge in [0.1, 0.15) is 17.7 Å². The molecule has 0 radical (unpaired) electrons. The molecule has 1 aliphatic carbocycles. The summed E-state index contributed by atoms with van der Waals surface area (Å²) in [6, 6.07) is 18.6. The second-order valence-corrected chi connectivity index (χ2v) is 8.33. The van der Waals surface area contributed by atoms with E-state index in [9.17, 15) is 0 Å². The molecule has 2 aliphatic heterocycles. The fraction of sp³-hybridized carbons (Fsp3) is 0.400. The van der Waals surface area contributed by atoms with Crippen LogP contribution in [0, 0.1) is 17.8 Å². The van der Waals surface area contributed by atoms with Crippen molar-refractivity contribution < 1.29 is 4.74 Å². The first-order valence-electron chi connectivity index (χ1n) is 10.6. The highest BCUT2D eigenvalue weighted by atomic mass is 16.5. The summed E-state index contributed by atoms with van der Waals surface area (Å²) in [5, 5.41) is 3.64. The van der Waals surface area contributed by atoms with Crippen molar-refractivity contribution in [2.75, 3.05) is 6.54 Å². The average Bonchev–Trinajstić information content (AvgIpc) is 3.19. The number of fused-ring (bicyclic) bond motifs is 1. The lowest BCUT2D eigenvalue weighted by Gasteiger charge is -2.33. The van der Waals surface area contributed by atoms with Gasteiger partial charge < -0.3 is 4.74 Å². The Morgan fingerprint density at radius 2 is 1.75 bits per heavy atom. The van der Waals surface area contributed by atoms with Crippen molar-refractivity contribution in [2.45, 2.75) is 37.8 Å². The maximum absolute atomic E-state index is 5.95. The molecule has 2 aromatic carbocycles. The summed E-state index contributed by atoms with van der Waals surface area (Å²) in [5.41, 5.74) is 1.40. The highest BCUT2D eigenvalue weighted by Gasteiger charge is 2.41. The molecule has 144 valence electrons. The second kappa shape index (κ2) is 7.92. The van der Waals surface area contributed by atoms with E-state index in [2.05, 4.69) is 47.9 Å². The molecule has 0 bridgehead atoms. The third-order valence-electron chi connectivity index (χ3n) is 6.58. The molecule has 2 heterocycles. The van der Waals surface area contributed by atoms with E-state index in [4.69, 9.17) is 9.73 Å². The number of nitrogens with one attached hydrogen (secondary N) is 1. The quantitative estimate of drug-likeness (QED) is 0.713. The van der Waals surface area contributed by atoms with Gasteiger partial charge in [0, 0.05) is 30.5 Å². The second-order valence-electron chi connectivity index (χ2n) is 8.33. The lowest BCUT2D eigenvalue weighted by Crippen LogP contribution is -2.34. The summed E-state index contributed by atoms with van der Waals surface area (Å²) in [6.07, 6.45) is 12.5. The maximum atomic E-state index is 5.95. The summed E-state index contributed by atoms with van der Waals surface area (Å²) in [4.78, 5) is 4.90. The van der Waals surface area contributed by atoms with Crippen LogP contribution in [0.15, 0.2) is 71.7 Å². The van der Waals surface area contributed by atoms with E-state index in [0.717, 1.165) is 18.0 Å². The molecule has 0 aromatic heterocycles.